The molecular weight excluding hydrogens is 633 g/mol. The second-order valence-corrected chi connectivity index (χ2v) is 12.7. The Kier molecular flexibility index (Phi) is 13.9. The van der Waals surface area contributed by atoms with Crippen LogP contribution in [0.4, 0.5) is 5.82 Å². The van der Waals surface area contributed by atoms with Gasteiger partial charge in [0.2, 0.25) is 0 Å². The fourth-order valence-corrected chi connectivity index (χ4v) is 6.49. The minimum Gasteiger partial charge on any atom is -0.457 e. The quantitative estimate of drug-likeness (QED) is 0.0696. The van der Waals surface area contributed by atoms with Gasteiger partial charge in [0.1, 0.15) is 12.9 Å². The lowest BCUT2D eigenvalue weighted by atomic mass is 10.2. The van der Waals surface area contributed by atoms with Crippen LogP contribution in [-0.2, 0) is 18.5 Å². The third kappa shape index (κ3) is 9.86. The molecule has 1 unspecified atom stereocenters. The van der Waals surface area contributed by atoms with E-state index in [1.54, 1.807) is 53.1 Å². The molecule has 0 bridgehead atoms. The molecule has 4 aromatic rings. The van der Waals surface area contributed by atoms with Crippen molar-refractivity contribution in [3.8, 4) is 6.07 Å². The van der Waals surface area contributed by atoms with Crippen molar-refractivity contribution in [1.82, 2.24) is 24.2 Å². The average molecular weight is 676 g/mol. The molecule has 14 heteroatoms. The number of nitrogens with zero attached hydrogens (tertiary/aromatic N) is 6. The SMILES string of the molecule is CC[C@@H](COP(OCCC#N)N(C(C)C)C(C)C)O[C@@H](COC(=O)c1ccccc1)n1cnc2c(NC(=O)c3ccccc3)ncnc21. The Bertz CT molecular complexity index is 1640. The normalized spacial score (nSPS) is 13.4. The molecule has 0 fully saturated rings. The molecule has 0 radical (unpaired) electrons. The molecule has 13 nitrogen and oxygen atoms in total. The lowest BCUT2D eigenvalue weighted by Gasteiger charge is -2.36. The van der Waals surface area contributed by atoms with Crippen LogP contribution in [0.1, 0.15) is 74.4 Å². The number of hydrogen-bond donors (Lipinski definition) is 1. The molecule has 0 aliphatic rings. The van der Waals surface area contributed by atoms with E-state index < -0.39 is 26.8 Å². The summed E-state index contributed by atoms with van der Waals surface area (Å²) in [5.41, 5.74) is 1.58. The van der Waals surface area contributed by atoms with Crippen molar-refractivity contribution in [3.05, 3.63) is 84.4 Å². The molecule has 0 saturated heterocycles. The van der Waals surface area contributed by atoms with Crippen LogP contribution in [0, 0.1) is 11.3 Å². The number of benzene rings is 2. The monoisotopic (exact) mass is 675 g/mol. The largest absolute Gasteiger partial charge is 0.457 e. The lowest BCUT2D eigenvalue weighted by molar-refractivity contribution is -0.0968. The Morgan fingerprint density at radius 3 is 2.23 bits per heavy atom. The number of carbonyl (C=O) groups is 2. The first-order valence-corrected chi connectivity index (χ1v) is 17.0. The number of nitriles is 1. The van der Waals surface area contributed by atoms with Gasteiger partial charge in [0, 0.05) is 17.6 Å². The summed E-state index contributed by atoms with van der Waals surface area (Å²) in [7, 11) is -1.49. The highest BCUT2D eigenvalue weighted by molar-refractivity contribution is 7.44. The number of anilines is 1. The van der Waals surface area contributed by atoms with Crippen molar-refractivity contribution >= 4 is 37.4 Å². The number of rotatable bonds is 18. The van der Waals surface area contributed by atoms with E-state index in [1.807, 2.05) is 19.1 Å². The number of nitrogens with one attached hydrogen (secondary N) is 1. The highest BCUT2D eigenvalue weighted by atomic mass is 31.2. The maximum atomic E-state index is 12.9. The van der Waals surface area contributed by atoms with Crippen molar-refractivity contribution in [3.63, 3.8) is 0 Å². The number of carbonyl (C=O) groups excluding carboxylic acids is 2. The Morgan fingerprint density at radius 1 is 0.938 bits per heavy atom. The predicted molar refractivity (Wildman–Crippen MR) is 182 cm³/mol. The third-order valence-corrected chi connectivity index (χ3v) is 9.22. The summed E-state index contributed by atoms with van der Waals surface area (Å²) in [5, 5.41) is 11.9. The van der Waals surface area contributed by atoms with E-state index in [2.05, 4.69) is 58.7 Å². The number of esters is 1. The van der Waals surface area contributed by atoms with Crippen molar-refractivity contribution in [1.29, 1.82) is 5.26 Å². The molecule has 0 saturated carbocycles. The second kappa shape index (κ2) is 18.3. The van der Waals surface area contributed by atoms with Gasteiger partial charge in [-0.25, -0.2) is 24.4 Å². The van der Waals surface area contributed by atoms with Gasteiger partial charge in [-0.1, -0.05) is 43.3 Å². The molecule has 1 N–H and O–H groups in total. The number of ether oxygens (including phenoxy) is 2. The Balaban J connectivity index is 1.59. The number of amides is 1. The van der Waals surface area contributed by atoms with Gasteiger partial charge in [-0.15, -0.1) is 0 Å². The topological polar surface area (TPSA) is 154 Å². The molecule has 0 aliphatic heterocycles. The van der Waals surface area contributed by atoms with Crippen LogP contribution < -0.4 is 5.32 Å². The van der Waals surface area contributed by atoms with Crippen molar-refractivity contribution in [2.24, 2.45) is 0 Å². The Morgan fingerprint density at radius 2 is 1.60 bits per heavy atom. The van der Waals surface area contributed by atoms with Gasteiger partial charge < -0.3 is 23.8 Å². The van der Waals surface area contributed by atoms with Crippen LogP contribution in [0.3, 0.4) is 0 Å². The molecule has 0 aliphatic carbocycles. The van der Waals surface area contributed by atoms with Gasteiger partial charge in [-0.3, -0.25) is 9.36 Å². The highest BCUT2D eigenvalue weighted by Gasteiger charge is 2.30. The van der Waals surface area contributed by atoms with Gasteiger partial charge in [-0.05, 0) is 58.4 Å². The molecule has 3 atom stereocenters. The predicted octanol–water partition coefficient (Wildman–Crippen LogP) is 6.52. The zero-order chi connectivity index (χ0) is 34.5. The minimum absolute atomic E-state index is 0.137. The average Bonchev–Trinajstić information content (AvgIpc) is 3.53. The summed E-state index contributed by atoms with van der Waals surface area (Å²) in [6.07, 6.45) is 2.34. The maximum absolute atomic E-state index is 12.9. The van der Waals surface area contributed by atoms with Crippen molar-refractivity contribution in [2.75, 3.05) is 25.1 Å². The third-order valence-electron chi connectivity index (χ3n) is 7.14. The summed E-state index contributed by atoms with van der Waals surface area (Å²) >= 11 is 0. The summed E-state index contributed by atoms with van der Waals surface area (Å²) < 4.78 is 28.5. The molecular formula is C34H42N7O6P. The zero-order valence-electron chi connectivity index (χ0n) is 27.9. The van der Waals surface area contributed by atoms with E-state index in [1.165, 1.54) is 12.7 Å². The molecule has 4 rings (SSSR count). The van der Waals surface area contributed by atoms with Crippen molar-refractivity contribution < 1.29 is 28.1 Å². The van der Waals surface area contributed by atoms with Crippen LogP contribution >= 0.6 is 8.53 Å². The number of aromatic nitrogens is 4. The van der Waals surface area contributed by atoms with Gasteiger partial charge in [0.05, 0.1) is 43.7 Å². The first kappa shape index (κ1) is 36.5. The van der Waals surface area contributed by atoms with Crippen LogP contribution in [0.5, 0.6) is 0 Å². The van der Waals surface area contributed by atoms with E-state index in [4.69, 9.17) is 23.8 Å². The molecule has 48 heavy (non-hydrogen) atoms. The van der Waals surface area contributed by atoms with Gasteiger partial charge in [0.15, 0.2) is 23.2 Å². The fraction of sp³-hybridized carbons (Fsp3) is 0.412. The maximum Gasteiger partial charge on any atom is 0.338 e. The standard InChI is InChI=1S/C34H42N7O6P/c1-6-28(20-46-48(45-19-13-18-35)41(24(2)3)25(4)5)47-29(21-44-34(43)27-16-11-8-12-17-27)40-23-38-30-31(36-22-37-32(30)40)39-33(42)26-14-9-7-10-15-26/h7-12,14-17,22-25,28-29H,6,13,19-21H2,1-5H3,(H,36,37,39,42)/t28-,29-,48?/m0/s1. The summed E-state index contributed by atoms with van der Waals surface area (Å²) in [6.45, 7) is 10.5. The van der Waals surface area contributed by atoms with Crippen molar-refractivity contribution in [2.45, 2.75) is 71.9 Å². The zero-order valence-corrected chi connectivity index (χ0v) is 28.7. The minimum atomic E-state index is -1.49. The van der Waals surface area contributed by atoms with Gasteiger partial charge in [0.25, 0.3) is 14.4 Å². The highest BCUT2D eigenvalue weighted by Crippen LogP contribution is 2.46. The molecule has 1 amide bonds. The van der Waals surface area contributed by atoms with E-state index >= 15 is 0 Å². The summed E-state index contributed by atoms with van der Waals surface area (Å²) in [5.74, 6) is -0.629. The van der Waals surface area contributed by atoms with Gasteiger partial charge >= 0.3 is 5.97 Å². The van der Waals surface area contributed by atoms with Crippen LogP contribution in [0.25, 0.3) is 11.2 Å². The number of fused-ring (bicyclic) bond motifs is 1. The Labute approximate surface area is 282 Å². The van der Waals surface area contributed by atoms with Crippen LogP contribution in [0.2, 0.25) is 0 Å². The molecule has 2 aromatic heterocycles. The lowest BCUT2D eigenvalue weighted by Crippen LogP contribution is -2.35. The molecule has 2 heterocycles. The van der Waals surface area contributed by atoms with E-state index in [9.17, 15) is 9.59 Å². The molecule has 254 valence electrons. The second-order valence-electron chi connectivity index (χ2n) is 11.3. The van der Waals surface area contributed by atoms with Crippen LogP contribution in [0.15, 0.2) is 73.3 Å². The first-order chi connectivity index (χ1) is 23.2. The summed E-state index contributed by atoms with van der Waals surface area (Å²) in [6, 6.07) is 19.8. The van der Waals surface area contributed by atoms with E-state index in [0.29, 0.717) is 28.7 Å². The van der Waals surface area contributed by atoms with Crippen LogP contribution in [-0.4, -0.2) is 74.1 Å². The number of hydrogen-bond acceptors (Lipinski definition) is 11. The summed E-state index contributed by atoms with van der Waals surface area (Å²) in [4.78, 5) is 39.1. The molecule has 0 spiro atoms. The fourth-order valence-electron chi connectivity index (χ4n) is 4.85. The van der Waals surface area contributed by atoms with E-state index in [-0.39, 0.29) is 50.1 Å². The van der Waals surface area contributed by atoms with E-state index in [0.717, 1.165) is 0 Å². The smallest absolute Gasteiger partial charge is 0.338 e. The van der Waals surface area contributed by atoms with Gasteiger partial charge in [-0.2, -0.15) is 5.26 Å². The number of imidazole rings is 1. The molecule has 2 aromatic carbocycles. The first-order valence-electron chi connectivity index (χ1n) is 15.9. The Hall–Kier alpha value is -4.31.